The standard InChI is InChI=1S/C13H19ClN2O2/c1-9-10-5-6-11(14)16(10)8-7-15(9)12(17)18-13(2,3)4/h5-6,9H,7-8H2,1-4H3. The largest absolute Gasteiger partial charge is 0.444 e. The third-order valence-corrected chi connectivity index (χ3v) is 3.38. The molecule has 1 unspecified atom stereocenters. The monoisotopic (exact) mass is 270 g/mol. The molecule has 1 aromatic heterocycles. The zero-order chi connectivity index (χ0) is 13.5. The number of halogens is 1. The van der Waals surface area contributed by atoms with Crippen LogP contribution in [0, 0.1) is 0 Å². The summed E-state index contributed by atoms with van der Waals surface area (Å²) in [4.78, 5) is 13.8. The van der Waals surface area contributed by atoms with Crippen molar-refractivity contribution in [3.8, 4) is 0 Å². The van der Waals surface area contributed by atoms with Gasteiger partial charge in [0.1, 0.15) is 10.8 Å². The molecular formula is C13H19ClN2O2. The van der Waals surface area contributed by atoms with E-state index in [0.29, 0.717) is 13.1 Å². The summed E-state index contributed by atoms with van der Waals surface area (Å²) in [6.07, 6.45) is -0.265. The Morgan fingerprint density at radius 1 is 1.39 bits per heavy atom. The van der Waals surface area contributed by atoms with E-state index >= 15 is 0 Å². The lowest BCUT2D eigenvalue weighted by Crippen LogP contribution is -2.43. The number of rotatable bonds is 0. The highest BCUT2D eigenvalue weighted by molar-refractivity contribution is 6.29. The van der Waals surface area contributed by atoms with Gasteiger partial charge < -0.3 is 9.30 Å². The molecule has 2 rings (SSSR count). The van der Waals surface area contributed by atoms with Gasteiger partial charge in [-0.05, 0) is 39.8 Å². The predicted molar refractivity (Wildman–Crippen MR) is 70.8 cm³/mol. The lowest BCUT2D eigenvalue weighted by atomic mass is 10.1. The number of amides is 1. The third kappa shape index (κ3) is 2.48. The molecule has 0 fully saturated rings. The average Bonchev–Trinajstić information content (AvgIpc) is 2.59. The second-order valence-electron chi connectivity index (χ2n) is 5.58. The number of fused-ring (bicyclic) bond motifs is 1. The SMILES string of the molecule is CC1c2ccc(Cl)n2CCN1C(=O)OC(C)(C)C. The summed E-state index contributed by atoms with van der Waals surface area (Å²) < 4.78 is 7.45. The quantitative estimate of drug-likeness (QED) is 0.724. The molecule has 4 nitrogen and oxygen atoms in total. The molecule has 100 valence electrons. The minimum absolute atomic E-state index is 0.0129. The first-order chi connectivity index (χ1) is 8.29. The molecule has 0 radical (unpaired) electrons. The van der Waals surface area contributed by atoms with Gasteiger partial charge in [-0.25, -0.2) is 4.79 Å². The van der Waals surface area contributed by atoms with Crippen molar-refractivity contribution in [3.63, 3.8) is 0 Å². The molecule has 0 N–H and O–H groups in total. The van der Waals surface area contributed by atoms with Crippen molar-refractivity contribution in [2.24, 2.45) is 0 Å². The van der Waals surface area contributed by atoms with Crippen molar-refractivity contribution in [1.82, 2.24) is 9.47 Å². The van der Waals surface area contributed by atoms with Gasteiger partial charge in [-0.3, -0.25) is 4.90 Å². The van der Waals surface area contributed by atoms with Gasteiger partial charge in [-0.1, -0.05) is 11.6 Å². The van der Waals surface area contributed by atoms with E-state index in [9.17, 15) is 4.79 Å². The van der Waals surface area contributed by atoms with Crippen molar-refractivity contribution in [2.75, 3.05) is 6.54 Å². The van der Waals surface area contributed by atoms with E-state index in [1.165, 1.54) is 0 Å². The van der Waals surface area contributed by atoms with Crippen LogP contribution in [-0.2, 0) is 11.3 Å². The first-order valence-corrected chi connectivity index (χ1v) is 6.52. The molecule has 1 atom stereocenters. The Morgan fingerprint density at radius 3 is 2.67 bits per heavy atom. The van der Waals surface area contributed by atoms with Crippen LogP contribution in [0.15, 0.2) is 12.1 Å². The molecule has 1 aliphatic rings. The molecule has 1 aliphatic heterocycles. The van der Waals surface area contributed by atoms with E-state index in [0.717, 1.165) is 10.8 Å². The molecule has 1 aromatic rings. The van der Waals surface area contributed by atoms with Crippen LogP contribution in [-0.4, -0.2) is 27.7 Å². The molecular weight excluding hydrogens is 252 g/mol. The molecule has 0 aliphatic carbocycles. The second kappa shape index (κ2) is 4.50. The maximum Gasteiger partial charge on any atom is 0.410 e. The number of ether oxygens (including phenoxy) is 1. The van der Waals surface area contributed by atoms with E-state index in [4.69, 9.17) is 16.3 Å². The van der Waals surface area contributed by atoms with Crippen molar-refractivity contribution in [1.29, 1.82) is 0 Å². The summed E-state index contributed by atoms with van der Waals surface area (Å²) in [7, 11) is 0. The smallest absolute Gasteiger partial charge is 0.410 e. The molecule has 0 saturated heterocycles. The maximum atomic E-state index is 12.1. The highest BCUT2D eigenvalue weighted by atomic mass is 35.5. The van der Waals surface area contributed by atoms with Gasteiger partial charge in [-0.2, -0.15) is 0 Å². The molecule has 0 aromatic carbocycles. The number of carbonyl (C=O) groups is 1. The molecule has 0 spiro atoms. The fourth-order valence-corrected chi connectivity index (χ4v) is 2.43. The van der Waals surface area contributed by atoms with Gasteiger partial charge in [0.05, 0.1) is 6.04 Å². The molecule has 0 saturated carbocycles. The normalized spacial score (nSPS) is 19.6. The Bertz CT molecular complexity index is 462. The van der Waals surface area contributed by atoms with Crippen LogP contribution in [0.25, 0.3) is 0 Å². The van der Waals surface area contributed by atoms with Crippen LogP contribution in [0.5, 0.6) is 0 Å². The Kier molecular flexibility index (Phi) is 3.32. The summed E-state index contributed by atoms with van der Waals surface area (Å²) in [6.45, 7) is 8.95. The summed E-state index contributed by atoms with van der Waals surface area (Å²) in [6, 6.07) is 3.82. The van der Waals surface area contributed by atoms with Crippen molar-refractivity contribution < 1.29 is 9.53 Å². The van der Waals surface area contributed by atoms with Crippen LogP contribution >= 0.6 is 11.6 Å². The highest BCUT2D eigenvalue weighted by Gasteiger charge is 2.31. The van der Waals surface area contributed by atoms with Crippen LogP contribution in [0.4, 0.5) is 4.79 Å². The minimum Gasteiger partial charge on any atom is -0.444 e. The highest BCUT2D eigenvalue weighted by Crippen LogP contribution is 2.30. The number of hydrogen-bond acceptors (Lipinski definition) is 2. The maximum absolute atomic E-state index is 12.1. The van der Waals surface area contributed by atoms with E-state index in [1.54, 1.807) is 4.90 Å². The van der Waals surface area contributed by atoms with Crippen LogP contribution < -0.4 is 0 Å². The van der Waals surface area contributed by atoms with Gasteiger partial charge in [0.25, 0.3) is 0 Å². The van der Waals surface area contributed by atoms with E-state index in [-0.39, 0.29) is 12.1 Å². The lowest BCUT2D eigenvalue weighted by Gasteiger charge is -2.36. The van der Waals surface area contributed by atoms with Gasteiger partial charge >= 0.3 is 6.09 Å². The second-order valence-corrected chi connectivity index (χ2v) is 5.97. The van der Waals surface area contributed by atoms with Gasteiger partial charge in [-0.15, -0.1) is 0 Å². The predicted octanol–water partition coefficient (Wildman–Crippen LogP) is 3.45. The van der Waals surface area contributed by atoms with Gasteiger partial charge in [0.2, 0.25) is 0 Å². The topological polar surface area (TPSA) is 34.5 Å². The summed E-state index contributed by atoms with van der Waals surface area (Å²) in [5, 5.41) is 0.723. The van der Waals surface area contributed by atoms with Gasteiger partial charge in [0, 0.05) is 18.8 Å². The van der Waals surface area contributed by atoms with Crippen molar-refractivity contribution >= 4 is 17.7 Å². The zero-order valence-corrected chi connectivity index (χ0v) is 12.0. The van der Waals surface area contributed by atoms with E-state index in [2.05, 4.69) is 0 Å². The van der Waals surface area contributed by atoms with Gasteiger partial charge in [0.15, 0.2) is 0 Å². The number of nitrogens with zero attached hydrogens (tertiary/aromatic N) is 2. The summed E-state index contributed by atoms with van der Waals surface area (Å²) in [5.74, 6) is 0. The zero-order valence-electron chi connectivity index (χ0n) is 11.2. The fourth-order valence-electron chi connectivity index (χ4n) is 2.19. The molecule has 18 heavy (non-hydrogen) atoms. The van der Waals surface area contributed by atoms with E-state index in [1.807, 2.05) is 44.4 Å². The van der Waals surface area contributed by atoms with Crippen molar-refractivity contribution in [3.05, 3.63) is 23.0 Å². The molecule has 5 heteroatoms. The first-order valence-electron chi connectivity index (χ1n) is 6.14. The Balaban J connectivity index is 2.17. The molecule has 1 amide bonds. The number of hydrogen-bond donors (Lipinski definition) is 0. The minimum atomic E-state index is -0.464. The third-order valence-electron chi connectivity index (χ3n) is 3.05. The number of aromatic nitrogens is 1. The molecule has 2 heterocycles. The van der Waals surface area contributed by atoms with Crippen LogP contribution in [0.3, 0.4) is 0 Å². The Morgan fingerprint density at radius 2 is 2.06 bits per heavy atom. The van der Waals surface area contributed by atoms with E-state index < -0.39 is 5.60 Å². The Labute approximate surface area is 112 Å². The first kappa shape index (κ1) is 13.3. The summed E-state index contributed by atoms with van der Waals surface area (Å²) in [5.41, 5.74) is 0.588. The van der Waals surface area contributed by atoms with Crippen molar-refractivity contribution in [2.45, 2.75) is 45.9 Å². The molecule has 0 bridgehead atoms. The van der Waals surface area contributed by atoms with Crippen LogP contribution in [0.2, 0.25) is 5.15 Å². The average molecular weight is 271 g/mol. The number of carbonyl (C=O) groups excluding carboxylic acids is 1. The fraction of sp³-hybridized carbons (Fsp3) is 0.615. The lowest BCUT2D eigenvalue weighted by molar-refractivity contribution is 0.0127. The summed E-state index contributed by atoms with van der Waals surface area (Å²) >= 11 is 6.09. The van der Waals surface area contributed by atoms with Crippen LogP contribution in [0.1, 0.15) is 39.4 Å². The Hall–Kier alpha value is -1.16.